The predicted molar refractivity (Wildman–Crippen MR) is 41.2 cm³/mol. The van der Waals surface area contributed by atoms with Gasteiger partial charge in [0.25, 0.3) is 0 Å². The molecule has 13 heavy (non-hydrogen) atoms. The van der Waals surface area contributed by atoms with E-state index >= 15 is 0 Å². The minimum atomic E-state index is -0.880. The summed E-state index contributed by atoms with van der Waals surface area (Å²) >= 11 is 0. The zero-order valence-corrected chi connectivity index (χ0v) is 11.0. The average molecular weight is 377 g/mol. The van der Waals surface area contributed by atoms with Gasteiger partial charge in [-0.15, -0.1) is 0 Å². The van der Waals surface area contributed by atoms with Crippen LogP contribution in [0.4, 0.5) is 0 Å². The van der Waals surface area contributed by atoms with Crippen molar-refractivity contribution in [2.24, 2.45) is 11.8 Å². The van der Waals surface area contributed by atoms with Gasteiger partial charge in [-0.25, -0.2) is 0 Å². The second kappa shape index (κ2) is 5.56. The van der Waals surface area contributed by atoms with E-state index in [4.69, 9.17) is 0 Å². The molecule has 2 aliphatic carbocycles. The normalized spacial score (nSPS) is 19.1. The molecule has 4 nitrogen and oxygen atoms in total. The number of aliphatic carboxylic acids is 2. The van der Waals surface area contributed by atoms with Gasteiger partial charge >= 0.3 is 27.3 Å². The van der Waals surface area contributed by atoms with Crippen LogP contribution in [0.1, 0.15) is 25.7 Å². The largest absolute Gasteiger partial charge is 2.00 e. The SMILES string of the molecule is O=C([O-])C1CC1.O=C([O-])C1CC1.[Pb+2]. The number of hydrogen-bond donors (Lipinski definition) is 0. The van der Waals surface area contributed by atoms with Crippen LogP contribution in [0.3, 0.4) is 0 Å². The third-order valence-electron chi connectivity index (χ3n) is 1.82. The third-order valence-corrected chi connectivity index (χ3v) is 1.82. The Hall–Kier alpha value is -0.138. The summed E-state index contributed by atoms with van der Waals surface area (Å²) < 4.78 is 0. The summed E-state index contributed by atoms with van der Waals surface area (Å²) in [5, 5.41) is 19.3. The minimum Gasteiger partial charge on any atom is -0.550 e. The number of rotatable bonds is 2. The van der Waals surface area contributed by atoms with Gasteiger partial charge in [-0.2, -0.15) is 0 Å². The smallest absolute Gasteiger partial charge is 0.550 e. The van der Waals surface area contributed by atoms with Crippen LogP contribution in [0, 0.1) is 11.8 Å². The van der Waals surface area contributed by atoms with Crippen LogP contribution < -0.4 is 10.2 Å². The summed E-state index contributed by atoms with van der Waals surface area (Å²) in [6.07, 6.45) is 3.34. The van der Waals surface area contributed by atoms with Gasteiger partial charge in [-0.05, 0) is 37.5 Å². The number of carboxylic acid groups (broad SMARTS) is 2. The Morgan fingerprint density at radius 2 is 1.08 bits per heavy atom. The Kier molecular flexibility index (Phi) is 5.50. The van der Waals surface area contributed by atoms with Crippen LogP contribution in [-0.2, 0) is 9.59 Å². The fourth-order valence-electron chi connectivity index (χ4n) is 0.638. The molecule has 2 aliphatic rings. The van der Waals surface area contributed by atoms with Crippen molar-refractivity contribution in [2.45, 2.75) is 25.7 Å². The van der Waals surface area contributed by atoms with Crippen molar-refractivity contribution < 1.29 is 19.8 Å². The fourth-order valence-corrected chi connectivity index (χ4v) is 0.638. The van der Waals surface area contributed by atoms with E-state index in [9.17, 15) is 19.8 Å². The molecule has 0 N–H and O–H groups in total. The fraction of sp³-hybridized carbons (Fsp3) is 0.750. The summed E-state index contributed by atoms with van der Waals surface area (Å²) in [5.74, 6) is -1.94. The molecule has 0 aromatic rings. The van der Waals surface area contributed by atoms with Crippen LogP contribution in [0.5, 0.6) is 0 Å². The molecule has 70 valence electrons. The molecule has 0 heterocycles. The molecule has 2 fully saturated rings. The minimum absolute atomic E-state index is 0. The predicted octanol–water partition coefficient (Wildman–Crippen LogP) is -2.09. The van der Waals surface area contributed by atoms with Gasteiger partial charge in [0.1, 0.15) is 0 Å². The zero-order chi connectivity index (χ0) is 9.14. The summed E-state index contributed by atoms with van der Waals surface area (Å²) in [6, 6.07) is 0. The number of carbonyl (C=O) groups excluding carboxylic acids is 2. The molecule has 0 aromatic carbocycles. The van der Waals surface area contributed by atoms with E-state index in [1.54, 1.807) is 0 Å². The number of carbonyl (C=O) groups is 2. The monoisotopic (exact) mass is 378 g/mol. The van der Waals surface area contributed by atoms with Gasteiger partial charge in [0.05, 0.1) is 0 Å². The third kappa shape index (κ3) is 6.00. The Morgan fingerprint density at radius 1 is 0.846 bits per heavy atom. The van der Waals surface area contributed by atoms with Crippen molar-refractivity contribution in [1.29, 1.82) is 0 Å². The number of hydrogen-bond acceptors (Lipinski definition) is 4. The van der Waals surface area contributed by atoms with Gasteiger partial charge < -0.3 is 19.8 Å². The van der Waals surface area contributed by atoms with Crippen molar-refractivity contribution in [3.05, 3.63) is 0 Å². The van der Waals surface area contributed by atoms with E-state index in [0.717, 1.165) is 25.7 Å². The molecule has 0 amide bonds. The topological polar surface area (TPSA) is 80.3 Å². The van der Waals surface area contributed by atoms with Gasteiger partial charge in [-0.3, -0.25) is 0 Å². The van der Waals surface area contributed by atoms with Gasteiger partial charge in [0.2, 0.25) is 0 Å². The first-order chi connectivity index (χ1) is 5.61. The molecule has 0 unspecified atom stereocenters. The van der Waals surface area contributed by atoms with Crippen LogP contribution in [0.25, 0.3) is 0 Å². The van der Waals surface area contributed by atoms with Crippen molar-refractivity contribution in [1.82, 2.24) is 0 Å². The molecule has 0 aliphatic heterocycles. The van der Waals surface area contributed by atoms with Crippen LogP contribution in [-0.4, -0.2) is 39.2 Å². The van der Waals surface area contributed by atoms with Gasteiger partial charge in [-0.1, -0.05) is 0 Å². The molecule has 0 saturated heterocycles. The molecule has 0 atom stereocenters. The second-order valence-electron chi connectivity index (χ2n) is 3.19. The van der Waals surface area contributed by atoms with Crippen molar-refractivity contribution in [3.8, 4) is 0 Å². The quantitative estimate of drug-likeness (QED) is 0.517. The molecule has 0 bridgehead atoms. The van der Waals surface area contributed by atoms with Crippen molar-refractivity contribution in [3.63, 3.8) is 0 Å². The second-order valence-corrected chi connectivity index (χ2v) is 3.19. The molecule has 2 radical (unpaired) electrons. The molecule has 2 rings (SSSR count). The molecule has 5 heteroatoms. The maximum absolute atomic E-state index is 9.65. The first-order valence-corrected chi connectivity index (χ1v) is 4.03. The van der Waals surface area contributed by atoms with Crippen molar-refractivity contribution >= 4 is 39.2 Å². The Morgan fingerprint density at radius 3 is 1.08 bits per heavy atom. The molecule has 2 saturated carbocycles. The first-order valence-electron chi connectivity index (χ1n) is 4.03. The molecular formula is C8H10O4Pb. The molecule has 0 aromatic heterocycles. The van der Waals surface area contributed by atoms with E-state index in [1.165, 1.54) is 0 Å². The van der Waals surface area contributed by atoms with E-state index in [0.29, 0.717) is 0 Å². The van der Waals surface area contributed by atoms with Crippen molar-refractivity contribution in [2.75, 3.05) is 0 Å². The average Bonchev–Trinajstić information content (AvgIpc) is 2.85. The Balaban J connectivity index is 0.000000206. The maximum Gasteiger partial charge on any atom is 2.00 e. The van der Waals surface area contributed by atoms with E-state index in [2.05, 4.69) is 0 Å². The Bertz CT molecular complexity index is 174. The van der Waals surface area contributed by atoms with Crippen LogP contribution in [0.15, 0.2) is 0 Å². The van der Waals surface area contributed by atoms with E-state index < -0.39 is 11.9 Å². The molecule has 0 spiro atoms. The van der Waals surface area contributed by atoms with Gasteiger partial charge in [0, 0.05) is 11.9 Å². The van der Waals surface area contributed by atoms with Crippen LogP contribution in [0.2, 0.25) is 0 Å². The molecular weight excluding hydrogens is 367 g/mol. The van der Waals surface area contributed by atoms with Gasteiger partial charge in [0.15, 0.2) is 0 Å². The van der Waals surface area contributed by atoms with E-state index in [1.807, 2.05) is 0 Å². The van der Waals surface area contributed by atoms with E-state index in [-0.39, 0.29) is 39.1 Å². The standard InChI is InChI=1S/2C4H6O2.Pb/c2*5-4(6)3-1-2-3;/h2*3H,1-2H2,(H,5,6);/q;;+2/p-2. The summed E-state index contributed by atoms with van der Waals surface area (Å²) in [5.41, 5.74) is 0. The maximum atomic E-state index is 9.65. The Labute approximate surface area is 96.5 Å². The summed E-state index contributed by atoms with van der Waals surface area (Å²) in [7, 11) is 0. The first kappa shape index (κ1) is 12.9. The zero-order valence-electron chi connectivity index (χ0n) is 7.12. The summed E-state index contributed by atoms with van der Waals surface area (Å²) in [6.45, 7) is 0. The van der Waals surface area contributed by atoms with Crippen LogP contribution >= 0.6 is 0 Å². The summed E-state index contributed by atoms with van der Waals surface area (Å²) in [4.78, 5) is 19.3. The number of carboxylic acids is 2.